The molecule has 3 heteroatoms. The summed E-state index contributed by atoms with van der Waals surface area (Å²) in [6.45, 7) is 14.2. The molecule has 6 aromatic carbocycles. The molecule has 254 valence electrons. The summed E-state index contributed by atoms with van der Waals surface area (Å²) in [6.07, 6.45) is 9.00. The average Bonchev–Trinajstić information content (AvgIpc) is 3.75. The number of benzene rings is 6. The monoisotopic (exact) mass is 772 g/mol. The first-order valence-electron chi connectivity index (χ1n) is 17.6. The molecule has 50 heavy (non-hydrogen) atoms. The van der Waals surface area contributed by atoms with Gasteiger partial charge in [0.25, 0.3) is 0 Å². The van der Waals surface area contributed by atoms with E-state index >= 15 is 0 Å². The number of fused-ring (bicyclic) bond motifs is 5. The van der Waals surface area contributed by atoms with E-state index in [9.17, 15) is 0 Å². The van der Waals surface area contributed by atoms with E-state index < -0.39 is 18.3 Å². The number of hydrogen-bond donors (Lipinski definition) is 0. The minimum atomic E-state index is -5.17. The van der Waals surface area contributed by atoms with Crippen LogP contribution in [0.25, 0.3) is 32.7 Å². The Morgan fingerprint density at radius 2 is 1.16 bits per heavy atom. The van der Waals surface area contributed by atoms with Crippen LogP contribution < -0.4 is 9.81 Å². The molecule has 0 amide bonds. The standard InChI is InChI=1S/C21H25.2C10H7.C5H5.CH2.2ClH.Zr/c1-20(2,3)16-7-9-18-14(12-16)11-15-13-17(21(4,5)6)8-10-19(15)18;2*1-2-6-10-8-4-3-7-9(10)5-1;1-2-4-5-3-1;;;;/h7-10,12H,11H2,1-6H3;2*1-7H;1-3H,4H2;1H2;2*1H;. The summed E-state index contributed by atoms with van der Waals surface area (Å²) >= 11 is -5.17. The second-order valence-electron chi connectivity index (χ2n) is 16.4. The van der Waals surface area contributed by atoms with Crippen LogP contribution in [-0.4, -0.2) is 4.21 Å². The van der Waals surface area contributed by atoms with Gasteiger partial charge in [0, 0.05) is 0 Å². The zero-order chi connectivity index (χ0) is 33.5. The molecule has 0 saturated heterocycles. The second kappa shape index (κ2) is 12.7. The molecule has 0 saturated carbocycles. The van der Waals surface area contributed by atoms with Crippen LogP contribution in [0, 0.1) is 0 Å². The Morgan fingerprint density at radius 3 is 1.70 bits per heavy atom. The molecule has 0 fully saturated rings. The normalized spacial score (nSPS) is 14.2. The number of hydrogen-bond acceptors (Lipinski definition) is 0. The summed E-state index contributed by atoms with van der Waals surface area (Å²) in [7, 11) is 0. The van der Waals surface area contributed by atoms with Gasteiger partial charge in [-0.05, 0) is 0 Å². The van der Waals surface area contributed by atoms with Crippen molar-refractivity contribution < 1.29 is 18.3 Å². The maximum atomic E-state index is 5.97. The first kappa shape index (κ1) is 36.4. The van der Waals surface area contributed by atoms with Crippen LogP contribution in [0.1, 0.15) is 70.2 Å². The van der Waals surface area contributed by atoms with Crippen LogP contribution in [0.3, 0.4) is 0 Å². The van der Waals surface area contributed by atoms with Crippen molar-refractivity contribution >= 4 is 60.4 Å². The van der Waals surface area contributed by atoms with Crippen molar-refractivity contribution in [1.82, 2.24) is 0 Å². The van der Waals surface area contributed by atoms with Gasteiger partial charge in [0.1, 0.15) is 0 Å². The van der Waals surface area contributed by atoms with E-state index in [0.717, 1.165) is 12.8 Å². The van der Waals surface area contributed by atoms with Crippen LogP contribution in [-0.2, 0) is 35.5 Å². The van der Waals surface area contributed by atoms with E-state index in [2.05, 4.69) is 175 Å². The van der Waals surface area contributed by atoms with Crippen molar-refractivity contribution in [3.63, 3.8) is 0 Å². The van der Waals surface area contributed by atoms with Gasteiger partial charge in [0.05, 0.1) is 0 Å². The van der Waals surface area contributed by atoms with Crippen LogP contribution in [0.5, 0.6) is 0 Å². The molecule has 0 aromatic heterocycles. The molecule has 0 bridgehead atoms. The van der Waals surface area contributed by atoms with Crippen molar-refractivity contribution in [1.29, 1.82) is 0 Å². The molecule has 2 aliphatic rings. The van der Waals surface area contributed by atoms with Crippen molar-refractivity contribution in [2.45, 2.75) is 65.2 Å². The molecule has 0 unspecified atom stereocenters. The van der Waals surface area contributed by atoms with E-state index in [1.807, 2.05) is 0 Å². The second-order valence-corrected chi connectivity index (χ2v) is 29.0. The van der Waals surface area contributed by atoms with Crippen LogP contribution in [0.15, 0.2) is 137 Å². The molecule has 8 rings (SSSR count). The third-order valence-corrected chi connectivity index (χ3v) is 28.0. The average molecular weight is 775 g/mol. The predicted octanol–water partition coefficient (Wildman–Crippen LogP) is 11.2. The molecule has 0 heterocycles. The van der Waals surface area contributed by atoms with E-state index in [4.69, 9.17) is 4.21 Å². The van der Waals surface area contributed by atoms with E-state index in [-0.39, 0.29) is 35.6 Å². The van der Waals surface area contributed by atoms with Gasteiger partial charge >= 0.3 is 289 Å². The van der Waals surface area contributed by atoms with Crippen molar-refractivity contribution in [2.75, 3.05) is 0 Å². The first-order valence-corrected chi connectivity index (χ1v) is 24.2. The summed E-state index contributed by atoms with van der Waals surface area (Å²) in [5.74, 6) is 0. The SMILES string of the molecule is Cl.Cl.[CH2]=[Zr]([C]1=CC=CC1)([c]1c(C(C)(C)C)ccc2c1Cc1cc(C(C)(C)C)ccc1-2)([c]1cccc2ccccc12)[c]1cccc2ccccc12. The van der Waals surface area contributed by atoms with Gasteiger partial charge in [-0.2, -0.15) is 0 Å². The molecule has 0 aliphatic heterocycles. The Balaban J connectivity index is 0.00000216. The van der Waals surface area contributed by atoms with Crippen LogP contribution in [0.4, 0.5) is 0 Å². The van der Waals surface area contributed by atoms with Crippen molar-refractivity contribution in [3.8, 4) is 11.1 Å². The third kappa shape index (κ3) is 5.22. The van der Waals surface area contributed by atoms with E-state index in [1.165, 1.54) is 64.7 Å². The zero-order valence-electron chi connectivity index (χ0n) is 30.1. The van der Waals surface area contributed by atoms with Crippen LogP contribution >= 0.6 is 24.8 Å². The summed E-state index contributed by atoms with van der Waals surface area (Å²) < 4.78 is 11.9. The van der Waals surface area contributed by atoms with Crippen LogP contribution in [0.2, 0.25) is 0 Å². The van der Waals surface area contributed by atoms with E-state index in [0.29, 0.717) is 0 Å². The number of allylic oxidation sites excluding steroid dienone is 4. The maximum absolute atomic E-state index is 5.97. The van der Waals surface area contributed by atoms with Gasteiger partial charge in [-0.3, -0.25) is 0 Å². The summed E-state index contributed by atoms with van der Waals surface area (Å²) in [4.78, 5) is 0. The zero-order valence-corrected chi connectivity index (χ0v) is 34.2. The van der Waals surface area contributed by atoms with Gasteiger partial charge in [-0.25, -0.2) is 0 Å². The van der Waals surface area contributed by atoms with Gasteiger partial charge in [0.15, 0.2) is 0 Å². The first-order chi connectivity index (χ1) is 22.9. The Hall–Kier alpha value is -3.35. The fraction of sp³-hybridized carbons (Fsp3) is 0.213. The van der Waals surface area contributed by atoms with Gasteiger partial charge in [0.2, 0.25) is 0 Å². The van der Waals surface area contributed by atoms with Gasteiger partial charge in [-0.1, -0.05) is 0 Å². The fourth-order valence-corrected chi connectivity index (χ4v) is 27.4. The summed E-state index contributed by atoms with van der Waals surface area (Å²) in [6, 6.07) is 44.4. The Morgan fingerprint density at radius 1 is 0.600 bits per heavy atom. The Labute approximate surface area is 311 Å². The third-order valence-electron chi connectivity index (χ3n) is 11.5. The Bertz CT molecular complexity index is 2330. The topological polar surface area (TPSA) is 0 Å². The van der Waals surface area contributed by atoms with Gasteiger partial charge < -0.3 is 0 Å². The summed E-state index contributed by atoms with van der Waals surface area (Å²) in [5, 5.41) is 5.25. The van der Waals surface area contributed by atoms with Gasteiger partial charge in [-0.15, -0.1) is 24.8 Å². The number of rotatable bonds is 4. The molecule has 0 nitrogen and oxygen atoms in total. The number of halogens is 2. The quantitative estimate of drug-likeness (QED) is 0.167. The molecular formula is C47H48Cl2Zr. The minimum absolute atomic E-state index is 0. The van der Waals surface area contributed by atoms with E-state index in [1.54, 1.807) is 3.27 Å². The molecule has 6 aromatic rings. The molecule has 0 radical (unpaired) electrons. The molecule has 0 atom stereocenters. The fourth-order valence-electron chi connectivity index (χ4n) is 9.19. The van der Waals surface area contributed by atoms with Crippen molar-refractivity contribution in [2.24, 2.45) is 0 Å². The molecule has 2 aliphatic carbocycles. The molecule has 0 N–H and O–H groups in total. The molecular weight excluding hydrogens is 727 g/mol. The predicted molar refractivity (Wildman–Crippen MR) is 222 cm³/mol. The molecule has 0 spiro atoms. The Kier molecular flexibility index (Phi) is 9.26. The van der Waals surface area contributed by atoms with Crippen molar-refractivity contribution in [3.05, 3.63) is 159 Å². The summed E-state index contributed by atoms with van der Waals surface area (Å²) in [5.41, 5.74) is 8.56.